The second-order valence-electron chi connectivity index (χ2n) is 15.7. The first-order valence-corrected chi connectivity index (χ1v) is 18.3. The van der Waals surface area contributed by atoms with E-state index in [2.05, 4.69) is 36.6 Å². The fraction of sp³-hybridized carbons (Fsp3) is 0.632. The fourth-order valence-electron chi connectivity index (χ4n) is 5.64. The number of rotatable bonds is 21. The molecule has 15 heteroatoms. The van der Waals surface area contributed by atoms with E-state index in [1.54, 1.807) is 34.6 Å². The van der Waals surface area contributed by atoms with Gasteiger partial charge in [0.1, 0.15) is 23.7 Å². The summed E-state index contributed by atoms with van der Waals surface area (Å²) in [6, 6.07) is 4.21. The van der Waals surface area contributed by atoms with Gasteiger partial charge in [-0.2, -0.15) is 0 Å². The Morgan fingerprint density at radius 2 is 1.38 bits per heavy atom. The lowest BCUT2D eigenvalue weighted by atomic mass is 9.97. The molecule has 0 aliphatic carbocycles. The molecule has 6 atom stereocenters. The Balaban J connectivity index is 2.30. The molecule has 0 aliphatic rings. The lowest BCUT2D eigenvalue weighted by Crippen LogP contribution is -2.59. The van der Waals surface area contributed by atoms with Crippen LogP contribution in [0, 0.1) is 17.8 Å². The first-order chi connectivity index (χ1) is 24.7. The van der Waals surface area contributed by atoms with Crippen LogP contribution >= 0.6 is 0 Å². The molecule has 2 unspecified atom stereocenters. The topological polar surface area (TPSA) is 224 Å². The predicted octanol–water partition coefficient (Wildman–Crippen LogP) is 2.69. The van der Waals surface area contributed by atoms with E-state index in [0.29, 0.717) is 18.5 Å². The van der Waals surface area contributed by atoms with Crippen LogP contribution in [0.1, 0.15) is 86.4 Å². The number of benzene rings is 1. The number of aliphatic hydroxyl groups is 1. The van der Waals surface area contributed by atoms with E-state index in [1.165, 1.54) is 12.5 Å². The van der Waals surface area contributed by atoms with Crippen molar-refractivity contribution in [1.82, 2.24) is 36.6 Å². The number of H-pyrrole nitrogens is 1. The third-order valence-electron chi connectivity index (χ3n) is 8.25. The van der Waals surface area contributed by atoms with Crippen molar-refractivity contribution in [2.24, 2.45) is 17.8 Å². The highest BCUT2D eigenvalue weighted by molar-refractivity contribution is 5.92. The standard InChI is InChI=1S/C38H61N7O8/c1-22(2)15-27(31(46)20-40-28(16-23(3)4)33(47)45-32(24(5)6)36(50)51)42-35(49)30(18-26-19-39-21-41-26)43-34(48)29(17-25-13-11-10-12-14-25)44-37(52)53-38(7,8)9/h10-14,19,21-24,27-32,40,46H,15-18,20H2,1-9H3,(H,39,41)(H,42,49)(H,43,48)(H,44,52)(H,45,47)(H,50,51)/t27?,28-,29-,30-,31?,32+/m0/s1. The Morgan fingerprint density at radius 1 is 0.792 bits per heavy atom. The van der Waals surface area contributed by atoms with Gasteiger partial charge in [0.25, 0.3) is 0 Å². The summed E-state index contributed by atoms with van der Waals surface area (Å²) in [5, 5.41) is 35.1. The van der Waals surface area contributed by atoms with E-state index < -0.39 is 71.7 Å². The number of carbonyl (C=O) groups is 5. The van der Waals surface area contributed by atoms with Crippen LogP contribution in [0.5, 0.6) is 0 Å². The highest BCUT2D eigenvalue weighted by Crippen LogP contribution is 2.14. The number of nitrogens with one attached hydrogen (secondary N) is 6. The van der Waals surface area contributed by atoms with E-state index in [9.17, 15) is 34.2 Å². The van der Waals surface area contributed by atoms with Crippen LogP contribution in [0.4, 0.5) is 4.79 Å². The van der Waals surface area contributed by atoms with Gasteiger partial charge in [0.15, 0.2) is 0 Å². The molecule has 0 bridgehead atoms. The van der Waals surface area contributed by atoms with Crippen LogP contribution in [0.15, 0.2) is 42.9 Å². The first kappa shape index (κ1) is 44.7. The lowest BCUT2D eigenvalue weighted by molar-refractivity contribution is -0.143. The van der Waals surface area contributed by atoms with Crippen LogP contribution < -0.4 is 26.6 Å². The second kappa shape index (κ2) is 21.3. The second-order valence-corrected chi connectivity index (χ2v) is 15.7. The normalized spacial score (nSPS) is 15.2. The van der Waals surface area contributed by atoms with Gasteiger partial charge in [0.05, 0.1) is 24.5 Å². The Morgan fingerprint density at radius 3 is 1.91 bits per heavy atom. The van der Waals surface area contributed by atoms with Gasteiger partial charge in [-0.15, -0.1) is 0 Å². The zero-order valence-corrected chi connectivity index (χ0v) is 32.6. The number of carboxylic acids is 1. The summed E-state index contributed by atoms with van der Waals surface area (Å²) in [6.45, 7) is 16.2. The summed E-state index contributed by atoms with van der Waals surface area (Å²) in [6.07, 6.45) is 1.94. The minimum absolute atomic E-state index is 0.0298. The van der Waals surface area contributed by atoms with Gasteiger partial charge >= 0.3 is 12.1 Å². The van der Waals surface area contributed by atoms with Gasteiger partial charge in [-0.3, -0.25) is 14.4 Å². The first-order valence-electron chi connectivity index (χ1n) is 18.3. The zero-order valence-electron chi connectivity index (χ0n) is 32.6. The van der Waals surface area contributed by atoms with Gasteiger partial charge in [-0.25, -0.2) is 14.6 Å². The summed E-state index contributed by atoms with van der Waals surface area (Å²) in [5.41, 5.74) is 0.532. The van der Waals surface area contributed by atoms with E-state index in [-0.39, 0.29) is 37.1 Å². The number of ether oxygens (including phenoxy) is 1. The van der Waals surface area contributed by atoms with E-state index in [1.807, 2.05) is 58.0 Å². The largest absolute Gasteiger partial charge is 0.480 e. The van der Waals surface area contributed by atoms with E-state index >= 15 is 0 Å². The number of nitrogens with zero attached hydrogens (tertiary/aromatic N) is 1. The van der Waals surface area contributed by atoms with Crippen molar-refractivity contribution >= 4 is 29.8 Å². The fourth-order valence-corrected chi connectivity index (χ4v) is 5.64. The number of hydrogen-bond acceptors (Lipinski definition) is 9. The van der Waals surface area contributed by atoms with Crippen LogP contribution in [0.2, 0.25) is 0 Å². The van der Waals surface area contributed by atoms with Crippen molar-refractivity contribution in [3.05, 3.63) is 54.1 Å². The number of carboxylic acid groups (broad SMARTS) is 1. The SMILES string of the molecule is CC(C)CC(NC(=O)[C@H](Cc1cnc[nH]1)NC(=O)[C@H](Cc1ccccc1)NC(=O)OC(C)(C)C)C(O)CN[C@@H](CC(C)C)C(=O)N[C@@H](C(=O)O)C(C)C. The summed E-state index contributed by atoms with van der Waals surface area (Å²) in [7, 11) is 0. The van der Waals surface area contributed by atoms with Crippen LogP contribution in [-0.2, 0) is 36.8 Å². The van der Waals surface area contributed by atoms with Crippen LogP contribution in [-0.4, -0.2) is 98.4 Å². The van der Waals surface area contributed by atoms with E-state index in [0.717, 1.165) is 5.56 Å². The minimum atomic E-state index is -1.16. The lowest BCUT2D eigenvalue weighted by Gasteiger charge is -2.30. The number of hydrogen-bond donors (Lipinski definition) is 8. The van der Waals surface area contributed by atoms with Gasteiger partial charge < -0.3 is 46.5 Å². The minimum Gasteiger partial charge on any atom is -0.480 e. The molecule has 0 saturated heterocycles. The monoisotopic (exact) mass is 743 g/mol. The summed E-state index contributed by atoms with van der Waals surface area (Å²) in [4.78, 5) is 72.6. The van der Waals surface area contributed by atoms with Crippen molar-refractivity contribution in [3.63, 3.8) is 0 Å². The molecular formula is C38H61N7O8. The highest BCUT2D eigenvalue weighted by Gasteiger charge is 2.33. The molecule has 4 amide bonds. The molecule has 0 radical (unpaired) electrons. The molecule has 0 spiro atoms. The van der Waals surface area contributed by atoms with Gasteiger partial charge in [-0.1, -0.05) is 71.9 Å². The smallest absolute Gasteiger partial charge is 0.408 e. The Kier molecular flexibility index (Phi) is 17.9. The Hall–Kier alpha value is -4.50. The number of imidazole rings is 1. The zero-order chi connectivity index (χ0) is 39.9. The average molecular weight is 744 g/mol. The van der Waals surface area contributed by atoms with Crippen LogP contribution in [0.25, 0.3) is 0 Å². The molecule has 53 heavy (non-hydrogen) atoms. The molecule has 2 aromatic rings. The molecule has 1 aromatic carbocycles. The van der Waals surface area contributed by atoms with Gasteiger partial charge in [0.2, 0.25) is 17.7 Å². The van der Waals surface area contributed by atoms with Gasteiger partial charge in [-0.05, 0) is 56.9 Å². The number of carbonyl (C=O) groups excluding carboxylic acids is 4. The van der Waals surface area contributed by atoms with Gasteiger partial charge in [0, 0.05) is 31.3 Å². The number of aliphatic carboxylic acids is 1. The van der Waals surface area contributed by atoms with Crippen molar-refractivity contribution < 1.29 is 38.9 Å². The summed E-state index contributed by atoms with van der Waals surface area (Å²) < 4.78 is 5.42. The third kappa shape index (κ3) is 16.8. The maximum Gasteiger partial charge on any atom is 0.408 e. The Bertz CT molecular complexity index is 1440. The number of amides is 4. The van der Waals surface area contributed by atoms with Crippen molar-refractivity contribution in [1.29, 1.82) is 0 Å². The highest BCUT2D eigenvalue weighted by atomic mass is 16.6. The molecule has 15 nitrogen and oxygen atoms in total. The third-order valence-corrected chi connectivity index (χ3v) is 8.25. The average Bonchev–Trinajstić information content (AvgIpc) is 3.56. The van der Waals surface area contributed by atoms with Crippen molar-refractivity contribution in [3.8, 4) is 0 Å². The molecule has 0 aliphatic heterocycles. The maximum atomic E-state index is 14.0. The number of aromatic nitrogens is 2. The number of alkyl carbamates (subject to hydrolysis) is 1. The van der Waals surface area contributed by atoms with Crippen molar-refractivity contribution in [2.45, 2.75) is 130 Å². The van der Waals surface area contributed by atoms with E-state index in [4.69, 9.17) is 4.74 Å². The predicted molar refractivity (Wildman–Crippen MR) is 201 cm³/mol. The molecule has 0 fully saturated rings. The molecule has 1 aromatic heterocycles. The number of aromatic amines is 1. The molecule has 8 N–H and O–H groups in total. The molecule has 1 heterocycles. The molecular weight excluding hydrogens is 682 g/mol. The summed E-state index contributed by atoms with van der Waals surface area (Å²) in [5.74, 6) is -3.06. The maximum absolute atomic E-state index is 14.0. The van der Waals surface area contributed by atoms with Crippen molar-refractivity contribution in [2.75, 3.05) is 6.54 Å². The molecule has 2 rings (SSSR count). The van der Waals surface area contributed by atoms with Crippen LogP contribution in [0.3, 0.4) is 0 Å². The number of aliphatic hydroxyl groups excluding tert-OH is 1. The quantitative estimate of drug-likeness (QED) is 0.0934. The molecule has 0 saturated carbocycles. The molecule has 296 valence electrons. The Labute approximate surface area is 313 Å². The summed E-state index contributed by atoms with van der Waals surface area (Å²) >= 11 is 0.